The van der Waals surface area contributed by atoms with E-state index in [9.17, 15) is 9.59 Å². The van der Waals surface area contributed by atoms with E-state index in [0.29, 0.717) is 28.4 Å². The zero-order valence-corrected chi connectivity index (χ0v) is 16.0. The molecule has 0 aliphatic carbocycles. The third-order valence-electron chi connectivity index (χ3n) is 3.99. The minimum Gasteiger partial charge on any atom is -0.454 e. The number of nitrogens with zero attached hydrogens (tertiary/aromatic N) is 1. The Balaban J connectivity index is 1.35. The van der Waals surface area contributed by atoms with Gasteiger partial charge in [-0.2, -0.15) is 5.10 Å². The molecule has 0 saturated carbocycles. The Labute approximate surface area is 170 Å². The molecule has 3 aromatic rings. The van der Waals surface area contributed by atoms with Crippen molar-refractivity contribution < 1.29 is 23.8 Å². The summed E-state index contributed by atoms with van der Waals surface area (Å²) in [6, 6.07) is 15.5. The Bertz CT molecular complexity index is 1060. The van der Waals surface area contributed by atoms with Crippen LogP contribution in [0.25, 0.3) is 0 Å². The highest BCUT2D eigenvalue weighted by Crippen LogP contribution is 2.32. The van der Waals surface area contributed by atoms with Gasteiger partial charge in [-0.25, -0.2) is 10.2 Å². The summed E-state index contributed by atoms with van der Waals surface area (Å²) in [5, 5.41) is 5.87. The quantitative estimate of drug-likeness (QED) is 0.292. The Morgan fingerprint density at radius 3 is 2.86 bits per heavy atom. The fraction of sp³-hybridized carbons (Fsp3) is 0.0952. The standard InChI is InChI=1S/C21H16N2O5S/c24-20(11-17-5-2-8-29-17)23-22-12-14-3-1-4-16(9-14)28-21(25)15-6-7-18-19(10-15)27-13-26-18/h1-10,12H,11,13H2,(H,23,24). The van der Waals surface area contributed by atoms with Gasteiger partial charge in [-0.15, -0.1) is 11.3 Å². The van der Waals surface area contributed by atoms with E-state index in [4.69, 9.17) is 14.2 Å². The number of hydrogen-bond acceptors (Lipinski definition) is 7. The number of rotatable bonds is 6. The van der Waals surface area contributed by atoms with Gasteiger partial charge in [-0.05, 0) is 47.3 Å². The number of esters is 1. The maximum atomic E-state index is 12.4. The maximum Gasteiger partial charge on any atom is 0.343 e. The average molecular weight is 408 g/mol. The first kappa shape index (κ1) is 18.7. The number of ether oxygens (including phenoxy) is 3. The van der Waals surface area contributed by atoms with Crippen molar-refractivity contribution >= 4 is 29.4 Å². The molecule has 1 N–H and O–H groups in total. The molecule has 1 aromatic heterocycles. The third-order valence-corrected chi connectivity index (χ3v) is 4.87. The van der Waals surface area contributed by atoms with Crippen molar-refractivity contribution in [1.29, 1.82) is 0 Å². The highest BCUT2D eigenvalue weighted by molar-refractivity contribution is 7.10. The fourth-order valence-electron chi connectivity index (χ4n) is 2.64. The summed E-state index contributed by atoms with van der Waals surface area (Å²) >= 11 is 1.52. The minimum atomic E-state index is -0.512. The summed E-state index contributed by atoms with van der Waals surface area (Å²) in [6.45, 7) is 0.138. The SMILES string of the molecule is O=C(Cc1cccs1)NN=Cc1cccc(OC(=O)c2ccc3c(c2)OCO3)c1. The van der Waals surface area contributed by atoms with E-state index in [2.05, 4.69) is 10.5 Å². The molecule has 2 aromatic carbocycles. The molecule has 7 nitrogen and oxygen atoms in total. The summed E-state index contributed by atoms with van der Waals surface area (Å²) < 4.78 is 15.9. The molecule has 0 atom stereocenters. The average Bonchev–Trinajstić information content (AvgIpc) is 3.39. The van der Waals surface area contributed by atoms with E-state index in [-0.39, 0.29) is 19.1 Å². The van der Waals surface area contributed by atoms with Crippen LogP contribution in [0.1, 0.15) is 20.8 Å². The summed E-state index contributed by atoms with van der Waals surface area (Å²) in [5.41, 5.74) is 3.52. The van der Waals surface area contributed by atoms with Crippen molar-refractivity contribution in [2.45, 2.75) is 6.42 Å². The molecule has 0 bridgehead atoms. The lowest BCUT2D eigenvalue weighted by Crippen LogP contribution is -2.19. The van der Waals surface area contributed by atoms with Gasteiger partial charge in [0.05, 0.1) is 18.2 Å². The molecule has 0 saturated heterocycles. The number of hydrazone groups is 1. The lowest BCUT2D eigenvalue weighted by atomic mass is 10.2. The molecule has 29 heavy (non-hydrogen) atoms. The first-order chi connectivity index (χ1) is 14.2. The molecule has 8 heteroatoms. The normalized spacial score (nSPS) is 12.1. The van der Waals surface area contributed by atoms with E-state index >= 15 is 0 Å². The molecule has 2 heterocycles. The zero-order chi connectivity index (χ0) is 20.1. The highest BCUT2D eigenvalue weighted by atomic mass is 32.1. The monoisotopic (exact) mass is 408 g/mol. The number of amides is 1. The molecule has 0 spiro atoms. The van der Waals surface area contributed by atoms with Crippen LogP contribution < -0.4 is 19.6 Å². The van der Waals surface area contributed by atoms with Gasteiger partial charge in [0.2, 0.25) is 12.7 Å². The van der Waals surface area contributed by atoms with Gasteiger partial charge in [-0.1, -0.05) is 18.2 Å². The molecule has 1 aliphatic heterocycles. The summed E-state index contributed by atoms with van der Waals surface area (Å²) in [4.78, 5) is 25.2. The van der Waals surface area contributed by atoms with Crippen molar-refractivity contribution in [2.24, 2.45) is 5.10 Å². The second-order valence-corrected chi connectivity index (χ2v) is 7.11. The van der Waals surface area contributed by atoms with Gasteiger partial charge in [0.25, 0.3) is 0 Å². The van der Waals surface area contributed by atoms with Crippen LogP contribution in [0.2, 0.25) is 0 Å². The minimum absolute atomic E-state index is 0.138. The Morgan fingerprint density at radius 1 is 1.10 bits per heavy atom. The van der Waals surface area contributed by atoms with Crippen molar-refractivity contribution in [3.8, 4) is 17.2 Å². The number of carbonyl (C=O) groups excluding carboxylic acids is 2. The molecule has 1 amide bonds. The summed E-state index contributed by atoms with van der Waals surface area (Å²) in [5.74, 6) is 0.761. The molecular weight excluding hydrogens is 392 g/mol. The lowest BCUT2D eigenvalue weighted by Gasteiger charge is -2.06. The second kappa shape index (κ2) is 8.57. The van der Waals surface area contributed by atoms with E-state index in [1.165, 1.54) is 17.6 Å². The van der Waals surface area contributed by atoms with Crippen LogP contribution in [0, 0.1) is 0 Å². The van der Waals surface area contributed by atoms with E-state index in [1.54, 1.807) is 42.5 Å². The largest absolute Gasteiger partial charge is 0.454 e. The Hall–Kier alpha value is -3.65. The number of fused-ring (bicyclic) bond motifs is 1. The second-order valence-electron chi connectivity index (χ2n) is 6.08. The van der Waals surface area contributed by atoms with Crippen LogP contribution in [0.3, 0.4) is 0 Å². The van der Waals surface area contributed by atoms with Gasteiger partial charge in [0.15, 0.2) is 11.5 Å². The maximum absolute atomic E-state index is 12.4. The smallest absolute Gasteiger partial charge is 0.343 e. The van der Waals surface area contributed by atoms with E-state index < -0.39 is 5.97 Å². The van der Waals surface area contributed by atoms with Crippen molar-refractivity contribution in [3.63, 3.8) is 0 Å². The van der Waals surface area contributed by atoms with Gasteiger partial charge in [-0.3, -0.25) is 4.79 Å². The fourth-order valence-corrected chi connectivity index (χ4v) is 3.34. The van der Waals surface area contributed by atoms with Crippen LogP contribution in [-0.2, 0) is 11.2 Å². The number of nitrogens with one attached hydrogen (secondary N) is 1. The first-order valence-corrected chi connectivity index (χ1v) is 9.61. The number of hydrogen-bond donors (Lipinski definition) is 1. The third kappa shape index (κ3) is 4.80. The molecule has 0 fully saturated rings. The number of benzene rings is 2. The van der Waals surface area contributed by atoms with Crippen LogP contribution in [0.15, 0.2) is 65.1 Å². The Morgan fingerprint density at radius 2 is 2.00 bits per heavy atom. The van der Waals surface area contributed by atoms with Gasteiger partial charge in [0, 0.05) is 4.88 Å². The topological polar surface area (TPSA) is 86.2 Å². The number of carbonyl (C=O) groups is 2. The van der Waals surface area contributed by atoms with Crippen LogP contribution in [0.5, 0.6) is 17.2 Å². The van der Waals surface area contributed by atoms with Crippen molar-refractivity contribution in [2.75, 3.05) is 6.79 Å². The predicted molar refractivity (Wildman–Crippen MR) is 108 cm³/mol. The Kier molecular flexibility index (Phi) is 5.53. The lowest BCUT2D eigenvalue weighted by molar-refractivity contribution is -0.120. The van der Waals surface area contributed by atoms with Crippen LogP contribution >= 0.6 is 11.3 Å². The van der Waals surface area contributed by atoms with Gasteiger partial charge >= 0.3 is 5.97 Å². The van der Waals surface area contributed by atoms with E-state index in [0.717, 1.165) is 4.88 Å². The van der Waals surface area contributed by atoms with Crippen molar-refractivity contribution in [1.82, 2.24) is 5.43 Å². The highest BCUT2D eigenvalue weighted by Gasteiger charge is 2.17. The van der Waals surface area contributed by atoms with E-state index in [1.807, 2.05) is 17.5 Å². The summed E-state index contributed by atoms with van der Waals surface area (Å²) in [7, 11) is 0. The van der Waals surface area contributed by atoms with Crippen LogP contribution in [-0.4, -0.2) is 24.9 Å². The molecule has 4 rings (SSSR count). The molecule has 1 aliphatic rings. The summed E-state index contributed by atoms with van der Waals surface area (Å²) in [6.07, 6.45) is 1.77. The predicted octanol–water partition coefficient (Wildman–Crippen LogP) is 3.39. The zero-order valence-electron chi connectivity index (χ0n) is 15.2. The molecule has 0 unspecified atom stereocenters. The van der Waals surface area contributed by atoms with Crippen molar-refractivity contribution in [3.05, 3.63) is 76.0 Å². The van der Waals surface area contributed by atoms with Crippen LogP contribution in [0.4, 0.5) is 0 Å². The molecular formula is C21H16N2O5S. The van der Waals surface area contributed by atoms with Gasteiger partial charge < -0.3 is 14.2 Å². The molecule has 0 radical (unpaired) electrons. The molecule has 146 valence electrons. The number of thiophene rings is 1. The first-order valence-electron chi connectivity index (χ1n) is 8.73. The van der Waals surface area contributed by atoms with Gasteiger partial charge in [0.1, 0.15) is 5.75 Å².